The molecule has 0 aliphatic rings. The van der Waals surface area contributed by atoms with Crippen LogP contribution in [0.25, 0.3) is 0 Å². The first kappa shape index (κ1) is 29.1. The number of aryl methyl sites for hydroxylation is 1. The summed E-state index contributed by atoms with van der Waals surface area (Å²) in [5.41, 5.74) is 3.96. The molecule has 2 amide bonds. The van der Waals surface area contributed by atoms with Crippen molar-refractivity contribution in [1.29, 1.82) is 0 Å². The molecule has 3 aromatic carbocycles. The highest BCUT2D eigenvalue weighted by Crippen LogP contribution is 2.28. The summed E-state index contributed by atoms with van der Waals surface area (Å²) >= 11 is 14.5. The normalized spacial score (nSPS) is 12.6. The van der Waals surface area contributed by atoms with Crippen molar-refractivity contribution in [3.8, 4) is 0 Å². The maximum absolute atomic E-state index is 13.8. The Morgan fingerprint density at radius 2 is 1.59 bits per heavy atom. The number of amides is 2. The number of carbonyl (C=O) groups excluding carboxylic acids is 2. The average molecular weight is 558 g/mol. The van der Waals surface area contributed by atoms with Gasteiger partial charge in [0.15, 0.2) is 0 Å². The predicted octanol–water partition coefficient (Wildman–Crippen LogP) is 7.09. The van der Waals surface area contributed by atoms with E-state index in [9.17, 15) is 9.59 Å². The number of rotatable bonds is 12. The van der Waals surface area contributed by atoms with Crippen LogP contribution in [0.1, 0.15) is 42.5 Å². The van der Waals surface area contributed by atoms with E-state index in [0.29, 0.717) is 27.8 Å². The Labute approximate surface area is 234 Å². The van der Waals surface area contributed by atoms with E-state index in [2.05, 4.69) is 30.4 Å². The Morgan fingerprint density at radius 1 is 0.946 bits per heavy atom. The van der Waals surface area contributed by atoms with Gasteiger partial charge in [0.2, 0.25) is 11.8 Å². The van der Waals surface area contributed by atoms with Crippen LogP contribution in [-0.2, 0) is 28.3 Å². The molecule has 3 rings (SSSR count). The molecule has 4 nitrogen and oxygen atoms in total. The van der Waals surface area contributed by atoms with Crippen LogP contribution in [0, 0.1) is 6.92 Å². The number of hydrogen-bond acceptors (Lipinski definition) is 3. The van der Waals surface area contributed by atoms with Gasteiger partial charge in [-0.25, -0.2) is 0 Å². The molecule has 7 heteroatoms. The molecule has 0 heterocycles. The molecular formula is C30H34Cl2N2O2S. The maximum Gasteiger partial charge on any atom is 0.243 e. The van der Waals surface area contributed by atoms with Crippen LogP contribution < -0.4 is 5.32 Å². The lowest BCUT2D eigenvalue weighted by Gasteiger charge is -2.32. The van der Waals surface area contributed by atoms with Gasteiger partial charge in [0.25, 0.3) is 0 Å². The topological polar surface area (TPSA) is 49.4 Å². The van der Waals surface area contributed by atoms with Gasteiger partial charge in [0, 0.05) is 40.4 Å². The Balaban J connectivity index is 1.90. The summed E-state index contributed by atoms with van der Waals surface area (Å²) in [7, 11) is 0. The minimum absolute atomic E-state index is 0.0117. The highest BCUT2D eigenvalue weighted by Gasteiger charge is 2.31. The third-order valence-corrected chi connectivity index (χ3v) is 7.94. The predicted molar refractivity (Wildman–Crippen MR) is 156 cm³/mol. The molecule has 0 bridgehead atoms. The van der Waals surface area contributed by atoms with Gasteiger partial charge in [-0.1, -0.05) is 96.4 Å². The summed E-state index contributed by atoms with van der Waals surface area (Å²) in [6, 6.07) is 22.6. The number of thioether (sulfide) groups is 1. The van der Waals surface area contributed by atoms with Crippen molar-refractivity contribution >= 4 is 46.8 Å². The Bertz CT molecular complexity index is 1170. The quantitative estimate of drug-likeness (QED) is 0.259. The Kier molecular flexibility index (Phi) is 11.4. The fraction of sp³-hybridized carbons (Fsp3) is 0.333. The molecule has 0 spiro atoms. The number of halogens is 2. The minimum Gasteiger partial charge on any atom is -0.352 e. The highest BCUT2D eigenvalue weighted by molar-refractivity contribution is 7.99. The van der Waals surface area contributed by atoms with E-state index in [1.165, 1.54) is 17.3 Å². The molecule has 0 unspecified atom stereocenters. The van der Waals surface area contributed by atoms with Crippen molar-refractivity contribution in [2.75, 3.05) is 5.75 Å². The zero-order valence-corrected chi connectivity index (χ0v) is 23.9. The fourth-order valence-electron chi connectivity index (χ4n) is 3.99. The van der Waals surface area contributed by atoms with Gasteiger partial charge in [0.1, 0.15) is 6.04 Å². The van der Waals surface area contributed by atoms with Crippen LogP contribution >= 0.6 is 35.0 Å². The molecule has 196 valence electrons. The number of nitrogens with one attached hydrogen (secondary N) is 1. The van der Waals surface area contributed by atoms with Crippen LogP contribution in [0.5, 0.6) is 0 Å². The van der Waals surface area contributed by atoms with E-state index < -0.39 is 6.04 Å². The Hall–Kier alpha value is -2.47. The van der Waals surface area contributed by atoms with Crippen molar-refractivity contribution in [2.24, 2.45) is 0 Å². The van der Waals surface area contributed by atoms with Gasteiger partial charge < -0.3 is 10.2 Å². The lowest BCUT2D eigenvalue weighted by Crippen LogP contribution is -2.52. The van der Waals surface area contributed by atoms with Gasteiger partial charge in [-0.3, -0.25) is 9.59 Å². The van der Waals surface area contributed by atoms with Crippen LogP contribution in [0.3, 0.4) is 0 Å². The minimum atomic E-state index is -0.712. The lowest BCUT2D eigenvalue weighted by atomic mass is 10.0. The van der Waals surface area contributed by atoms with Crippen molar-refractivity contribution in [1.82, 2.24) is 10.2 Å². The largest absolute Gasteiger partial charge is 0.352 e. The second-order valence-electron chi connectivity index (χ2n) is 9.23. The first-order valence-corrected chi connectivity index (χ1v) is 14.4. The summed E-state index contributed by atoms with van der Waals surface area (Å²) < 4.78 is 0. The summed E-state index contributed by atoms with van der Waals surface area (Å²) in [5.74, 6) is 0.626. The molecule has 37 heavy (non-hydrogen) atoms. The van der Waals surface area contributed by atoms with E-state index >= 15 is 0 Å². The molecule has 0 aromatic heterocycles. The van der Waals surface area contributed by atoms with Gasteiger partial charge in [-0.05, 0) is 43.5 Å². The first-order chi connectivity index (χ1) is 17.8. The monoisotopic (exact) mass is 556 g/mol. The standard InChI is InChI=1S/C30H34Cl2N2O2S/c1-4-22(3)33-30(36)28(17-23-11-6-5-7-12-23)34(18-25-26(31)14-9-15-27(25)32)29(35)20-37-19-24-13-8-10-21(2)16-24/h5-16,22,28H,4,17-20H2,1-3H3,(H,33,36)/t22-,28-/m1/s1. The summed E-state index contributed by atoms with van der Waals surface area (Å²) in [6.07, 6.45) is 1.18. The van der Waals surface area contributed by atoms with E-state index in [-0.39, 0.29) is 30.2 Å². The Morgan fingerprint density at radius 3 is 2.24 bits per heavy atom. The SMILES string of the molecule is CC[C@@H](C)NC(=O)[C@@H](Cc1ccccc1)N(Cc1c(Cl)cccc1Cl)C(=O)CSCc1cccc(C)c1. The molecule has 3 aromatic rings. The zero-order valence-electron chi connectivity index (χ0n) is 21.5. The third-order valence-electron chi connectivity index (χ3n) is 6.24. The molecule has 0 saturated carbocycles. The van der Waals surface area contributed by atoms with E-state index in [1.54, 1.807) is 23.1 Å². The molecular weight excluding hydrogens is 523 g/mol. The molecule has 0 aliphatic heterocycles. The van der Waals surface area contributed by atoms with Crippen molar-refractivity contribution in [3.05, 3.63) is 105 Å². The van der Waals surface area contributed by atoms with E-state index in [0.717, 1.165) is 17.5 Å². The van der Waals surface area contributed by atoms with Crippen molar-refractivity contribution in [2.45, 2.75) is 58.0 Å². The second kappa shape index (κ2) is 14.5. The third kappa shape index (κ3) is 8.80. The van der Waals surface area contributed by atoms with Crippen molar-refractivity contribution in [3.63, 3.8) is 0 Å². The lowest BCUT2D eigenvalue weighted by molar-refractivity contribution is -0.139. The van der Waals surface area contributed by atoms with Gasteiger partial charge in [-0.2, -0.15) is 0 Å². The highest BCUT2D eigenvalue weighted by atomic mass is 35.5. The van der Waals surface area contributed by atoms with Crippen LogP contribution in [0.4, 0.5) is 0 Å². The van der Waals surface area contributed by atoms with Crippen molar-refractivity contribution < 1.29 is 9.59 Å². The number of nitrogens with zero attached hydrogens (tertiary/aromatic N) is 1. The number of carbonyl (C=O) groups is 2. The van der Waals surface area contributed by atoms with Crippen LogP contribution in [0.15, 0.2) is 72.8 Å². The number of benzene rings is 3. The number of hydrogen-bond donors (Lipinski definition) is 1. The van der Waals surface area contributed by atoms with Crippen LogP contribution in [0.2, 0.25) is 10.0 Å². The fourth-order valence-corrected chi connectivity index (χ4v) is 5.36. The molecule has 0 saturated heterocycles. The smallest absolute Gasteiger partial charge is 0.243 e. The average Bonchev–Trinajstić information content (AvgIpc) is 2.88. The van der Waals surface area contributed by atoms with Gasteiger partial charge in [-0.15, -0.1) is 11.8 Å². The molecule has 0 fully saturated rings. The molecule has 1 N–H and O–H groups in total. The van der Waals surface area contributed by atoms with E-state index in [4.69, 9.17) is 23.2 Å². The molecule has 2 atom stereocenters. The second-order valence-corrected chi connectivity index (χ2v) is 11.0. The zero-order chi connectivity index (χ0) is 26.8. The molecule has 0 aliphatic carbocycles. The first-order valence-electron chi connectivity index (χ1n) is 12.5. The summed E-state index contributed by atoms with van der Waals surface area (Å²) in [6.45, 7) is 6.18. The molecule has 0 radical (unpaired) electrons. The summed E-state index contributed by atoms with van der Waals surface area (Å²) in [5, 5.41) is 4.02. The summed E-state index contributed by atoms with van der Waals surface area (Å²) in [4.78, 5) is 29.0. The van der Waals surface area contributed by atoms with Gasteiger partial charge >= 0.3 is 0 Å². The van der Waals surface area contributed by atoms with E-state index in [1.807, 2.05) is 50.2 Å². The van der Waals surface area contributed by atoms with Crippen LogP contribution in [-0.4, -0.2) is 34.6 Å². The maximum atomic E-state index is 13.8. The van der Waals surface area contributed by atoms with Gasteiger partial charge in [0.05, 0.1) is 5.75 Å².